The summed E-state index contributed by atoms with van der Waals surface area (Å²) in [5.74, 6) is -2.79. The third-order valence-electron chi connectivity index (χ3n) is 5.93. The molecule has 6 heteroatoms. The summed E-state index contributed by atoms with van der Waals surface area (Å²) in [5, 5.41) is 13.8. The van der Waals surface area contributed by atoms with Gasteiger partial charge in [0.2, 0.25) is 0 Å². The smallest absolute Gasteiger partial charge is 0.181 e. The van der Waals surface area contributed by atoms with E-state index in [4.69, 9.17) is 0 Å². The van der Waals surface area contributed by atoms with Crippen LogP contribution in [0.25, 0.3) is 5.57 Å². The molecule has 1 rings (SSSR count). The monoisotopic (exact) mass is 510 g/mol. The van der Waals surface area contributed by atoms with E-state index in [1.807, 2.05) is 39.0 Å². The standard InChI is InChI=1S/C31H40F2N2O2/c1-11-13-27(29(33)23(8)32)35-24(9)22(7)28(34-16-12-2)18-20(5)25-14-15-26(21(6)17-25)31(10,37)30(36)19(3)4/h11,13-19,35,37H,5,8,12H2,1-4,6-7,9-10H3/b13-11?,24-22+,28-18+,29-27-,34-16?. The molecule has 1 aromatic carbocycles. The Morgan fingerprint density at radius 2 is 1.86 bits per heavy atom. The third-order valence-corrected chi connectivity index (χ3v) is 5.93. The molecule has 0 saturated carbocycles. The van der Waals surface area contributed by atoms with Crippen LogP contribution in [0, 0.1) is 12.8 Å². The van der Waals surface area contributed by atoms with Gasteiger partial charge in [-0.2, -0.15) is 0 Å². The predicted molar refractivity (Wildman–Crippen MR) is 151 cm³/mol. The number of carbonyl (C=O) groups is 1. The average molecular weight is 511 g/mol. The molecular formula is C31H40F2N2O2. The Hall–Kier alpha value is -3.38. The van der Waals surface area contributed by atoms with Crippen LogP contribution in [-0.2, 0) is 10.4 Å². The molecule has 0 aliphatic heterocycles. The van der Waals surface area contributed by atoms with Crippen molar-refractivity contribution < 1.29 is 18.7 Å². The first-order chi connectivity index (χ1) is 17.2. The molecule has 200 valence electrons. The number of ketones is 1. The lowest BCUT2D eigenvalue weighted by molar-refractivity contribution is -0.139. The average Bonchev–Trinajstić information content (AvgIpc) is 2.84. The number of aliphatic hydroxyl groups is 1. The Morgan fingerprint density at radius 1 is 1.24 bits per heavy atom. The predicted octanol–water partition coefficient (Wildman–Crippen LogP) is 7.93. The van der Waals surface area contributed by atoms with Crippen LogP contribution in [0.3, 0.4) is 0 Å². The number of benzene rings is 1. The summed E-state index contributed by atoms with van der Waals surface area (Å²) in [4.78, 5) is 17.1. The van der Waals surface area contributed by atoms with Gasteiger partial charge in [-0.3, -0.25) is 9.79 Å². The molecule has 0 amide bonds. The molecule has 0 spiro atoms. The summed E-state index contributed by atoms with van der Waals surface area (Å²) in [6, 6.07) is 5.43. The molecule has 0 aliphatic carbocycles. The van der Waals surface area contributed by atoms with Gasteiger partial charge in [0.25, 0.3) is 0 Å². The highest BCUT2D eigenvalue weighted by Crippen LogP contribution is 2.31. The Labute approximate surface area is 220 Å². The molecule has 1 aromatic rings. The Bertz CT molecular complexity index is 1200. The fourth-order valence-electron chi connectivity index (χ4n) is 3.76. The largest absolute Gasteiger partial charge is 0.378 e. The second-order valence-electron chi connectivity index (χ2n) is 9.40. The van der Waals surface area contributed by atoms with E-state index in [1.165, 1.54) is 13.0 Å². The minimum absolute atomic E-state index is 0.0429. The summed E-state index contributed by atoms with van der Waals surface area (Å²) in [6.07, 6.45) is 7.29. The maximum atomic E-state index is 14.3. The molecule has 0 radical (unpaired) electrons. The van der Waals surface area contributed by atoms with Crippen molar-refractivity contribution in [2.45, 2.75) is 67.4 Å². The van der Waals surface area contributed by atoms with Crippen molar-refractivity contribution in [1.29, 1.82) is 0 Å². The second kappa shape index (κ2) is 13.8. The number of nitrogens with zero attached hydrogens (tertiary/aromatic N) is 1. The Balaban J connectivity index is 3.50. The number of rotatable bonds is 12. The van der Waals surface area contributed by atoms with E-state index in [9.17, 15) is 18.7 Å². The first kappa shape index (κ1) is 31.6. The molecule has 4 nitrogen and oxygen atoms in total. The number of halogens is 2. The van der Waals surface area contributed by atoms with Gasteiger partial charge >= 0.3 is 0 Å². The second-order valence-corrected chi connectivity index (χ2v) is 9.40. The summed E-state index contributed by atoms with van der Waals surface area (Å²) in [6.45, 7) is 21.3. The van der Waals surface area contributed by atoms with Crippen molar-refractivity contribution in [3.8, 4) is 0 Å². The molecule has 2 N–H and O–H groups in total. The normalized spacial score (nSPS) is 15.5. The van der Waals surface area contributed by atoms with Crippen LogP contribution in [0.5, 0.6) is 0 Å². The summed E-state index contributed by atoms with van der Waals surface area (Å²) in [5.41, 5.74) is 3.02. The molecule has 0 aromatic heterocycles. The maximum absolute atomic E-state index is 14.3. The molecule has 0 aliphatic rings. The Morgan fingerprint density at radius 3 is 2.35 bits per heavy atom. The summed E-state index contributed by atoms with van der Waals surface area (Å²) < 4.78 is 27.7. The van der Waals surface area contributed by atoms with Crippen LogP contribution in [0.1, 0.15) is 71.6 Å². The molecule has 0 heterocycles. The maximum Gasteiger partial charge on any atom is 0.181 e. The van der Waals surface area contributed by atoms with Gasteiger partial charge in [0.15, 0.2) is 17.4 Å². The number of hydrogen-bond acceptors (Lipinski definition) is 4. The van der Waals surface area contributed by atoms with Gasteiger partial charge in [0.05, 0.1) is 11.4 Å². The van der Waals surface area contributed by atoms with Gasteiger partial charge in [0, 0.05) is 17.8 Å². The van der Waals surface area contributed by atoms with Crippen LogP contribution < -0.4 is 5.32 Å². The highest BCUT2D eigenvalue weighted by atomic mass is 19.2. The van der Waals surface area contributed by atoms with E-state index in [-0.39, 0.29) is 17.4 Å². The SMILES string of the molecule is C=C(F)/C(F)=C(\C=CC)N/C(C)=C(C)/C(=C\C(=C)c1ccc(C(C)(O)C(=O)C(C)C)c(C)c1)N=CCC. The van der Waals surface area contributed by atoms with Crippen LogP contribution in [0.4, 0.5) is 8.78 Å². The Kier molecular flexibility index (Phi) is 11.8. The number of aryl methyl sites for hydroxylation is 1. The fourth-order valence-corrected chi connectivity index (χ4v) is 3.76. The molecule has 0 fully saturated rings. The third kappa shape index (κ3) is 8.32. The topological polar surface area (TPSA) is 61.7 Å². The highest BCUT2D eigenvalue weighted by molar-refractivity contribution is 5.90. The molecular weight excluding hydrogens is 470 g/mol. The fraction of sp³-hybridized carbons (Fsp3) is 0.355. The van der Waals surface area contributed by atoms with Crippen molar-refractivity contribution in [1.82, 2.24) is 5.32 Å². The number of nitrogens with one attached hydrogen (secondary N) is 1. The first-order valence-electron chi connectivity index (χ1n) is 12.3. The van der Waals surface area contributed by atoms with Crippen LogP contribution in [0.2, 0.25) is 0 Å². The van der Waals surface area contributed by atoms with Gasteiger partial charge in [-0.15, -0.1) is 0 Å². The van der Waals surface area contributed by atoms with Crippen molar-refractivity contribution >= 4 is 17.6 Å². The summed E-state index contributed by atoms with van der Waals surface area (Å²) in [7, 11) is 0. The number of aliphatic imine (C=N–C) groups is 1. The molecule has 37 heavy (non-hydrogen) atoms. The lowest BCUT2D eigenvalue weighted by Gasteiger charge is -2.26. The van der Waals surface area contributed by atoms with Gasteiger partial charge in [0.1, 0.15) is 5.60 Å². The van der Waals surface area contributed by atoms with Gasteiger partial charge < -0.3 is 10.4 Å². The van der Waals surface area contributed by atoms with Crippen LogP contribution >= 0.6 is 0 Å². The zero-order valence-electron chi connectivity index (χ0n) is 23.3. The first-order valence-corrected chi connectivity index (χ1v) is 12.3. The van der Waals surface area contributed by atoms with E-state index in [1.54, 1.807) is 46.1 Å². The molecule has 0 bridgehead atoms. The van der Waals surface area contributed by atoms with Gasteiger partial charge in [-0.25, -0.2) is 8.78 Å². The zero-order chi connectivity index (χ0) is 28.5. The van der Waals surface area contributed by atoms with E-state index < -0.39 is 17.3 Å². The minimum atomic E-state index is -1.59. The highest BCUT2D eigenvalue weighted by Gasteiger charge is 2.35. The molecule has 0 saturated heterocycles. The zero-order valence-corrected chi connectivity index (χ0v) is 23.3. The lowest BCUT2D eigenvalue weighted by atomic mass is 9.83. The number of Topliss-reactive ketones (excluding diaryl/α,β-unsaturated/α-hetero) is 1. The van der Waals surface area contributed by atoms with Crippen LogP contribution in [0.15, 0.2) is 88.9 Å². The van der Waals surface area contributed by atoms with E-state index >= 15 is 0 Å². The van der Waals surface area contributed by atoms with Gasteiger partial charge in [-0.1, -0.05) is 58.2 Å². The molecule has 1 atom stereocenters. The van der Waals surface area contributed by atoms with Gasteiger partial charge in [-0.05, 0) is 81.0 Å². The lowest BCUT2D eigenvalue weighted by Crippen LogP contribution is -2.36. The summed E-state index contributed by atoms with van der Waals surface area (Å²) >= 11 is 0. The van der Waals surface area contributed by atoms with E-state index in [2.05, 4.69) is 23.5 Å². The minimum Gasteiger partial charge on any atom is -0.378 e. The quantitative estimate of drug-likeness (QED) is 0.222. The number of hydrogen-bond donors (Lipinski definition) is 2. The van der Waals surface area contributed by atoms with Crippen molar-refractivity contribution in [2.75, 3.05) is 0 Å². The van der Waals surface area contributed by atoms with E-state index in [0.29, 0.717) is 34.5 Å². The van der Waals surface area contributed by atoms with E-state index in [0.717, 1.165) is 11.1 Å². The van der Waals surface area contributed by atoms with Crippen molar-refractivity contribution in [3.63, 3.8) is 0 Å². The van der Waals surface area contributed by atoms with Crippen molar-refractivity contribution in [3.05, 3.63) is 101 Å². The molecule has 1 unspecified atom stereocenters. The van der Waals surface area contributed by atoms with Crippen LogP contribution in [-0.4, -0.2) is 17.1 Å². The number of carbonyl (C=O) groups excluding carboxylic acids is 1. The van der Waals surface area contributed by atoms with Crippen molar-refractivity contribution in [2.24, 2.45) is 10.9 Å². The number of allylic oxidation sites excluding steroid dienone is 8.